The van der Waals surface area contributed by atoms with Gasteiger partial charge in [0.05, 0.1) is 0 Å². The van der Waals surface area contributed by atoms with E-state index in [2.05, 4.69) is 29.1 Å². The molecule has 3 unspecified atom stereocenters. The van der Waals surface area contributed by atoms with Crippen molar-refractivity contribution in [2.75, 3.05) is 33.2 Å². The van der Waals surface area contributed by atoms with Crippen LogP contribution in [0.4, 0.5) is 0 Å². The monoisotopic (exact) mass is 293 g/mol. The lowest BCUT2D eigenvalue weighted by Crippen LogP contribution is -2.61. The maximum Gasteiger partial charge on any atom is 0.0223 e. The summed E-state index contributed by atoms with van der Waals surface area (Å²) < 4.78 is 0. The second-order valence-electron chi connectivity index (χ2n) is 7.74. The number of nitrogens with one attached hydrogen (secondary N) is 1. The molecule has 2 heterocycles. The summed E-state index contributed by atoms with van der Waals surface area (Å²) in [6.07, 6.45) is 11.6. The van der Waals surface area contributed by atoms with Crippen LogP contribution in [0.5, 0.6) is 0 Å². The van der Waals surface area contributed by atoms with Gasteiger partial charge in [-0.15, -0.1) is 0 Å². The van der Waals surface area contributed by atoms with E-state index in [0.29, 0.717) is 6.04 Å². The van der Waals surface area contributed by atoms with E-state index in [9.17, 15) is 0 Å². The number of hydrogen-bond acceptors (Lipinski definition) is 3. The van der Waals surface area contributed by atoms with Crippen LogP contribution in [0, 0.1) is 5.92 Å². The number of piperazine rings is 1. The average molecular weight is 293 g/mol. The van der Waals surface area contributed by atoms with Crippen molar-refractivity contribution in [3.05, 3.63) is 0 Å². The zero-order valence-corrected chi connectivity index (χ0v) is 14.2. The summed E-state index contributed by atoms with van der Waals surface area (Å²) in [5.41, 5.74) is 0. The topological polar surface area (TPSA) is 18.5 Å². The summed E-state index contributed by atoms with van der Waals surface area (Å²) >= 11 is 0. The molecular formula is C18H35N3. The Morgan fingerprint density at radius 2 is 1.76 bits per heavy atom. The van der Waals surface area contributed by atoms with E-state index in [1.807, 2.05) is 0 Å². The first-order valence-electron chi connectivity index (χ1n) is 9.43. The number of nitrogens with zero attached hydrogens (tertiary/aromatic N) is 2. The van der Waals surface area contributed by atoms with Crippen molar-refractivity contribution in [3.63, 3.8) is 0 Å². The van der Waals surface area contributed by atoms with Gasteiger partial charge in [0, 0.05) is 37.8 Å². The standard InChI is InChI=1S/C18H35N3/c1-15-12-20-11-7-6-10-17(20)13-21(15)14-18(19-2)16-8-4-3-5-9-16/h15-19H,3-14H2,1-2H3. The second kappa shape index (κ2) is 7.43. The highest BCUT2D eigenvalue weighted by Crippen LogP contribution is 2.29. The van der Waals surface area contributed by atoms with E-state index >= 15 is 0 Å². The maximum absolute atomic E-state index is 3.66. The molecule has 122 valence electrons. The minimum Gasteiger partial charge on any atom is -0.315 e. The van der Waals surface area contributed by atoms with Gasteiger partial charge in [-0.25, -0.2) is 0 Å². The van der Waals surface area contributed by atoms with E-state index in [1.165, 1.54) is 77.5 Å². The van der Waals surface area contributed by atoms with Gasteiger partial charge in [0.2, 0.25) is 0 Å². The highest BCUT2D eigenvalue weighted by Gasteiger charge is 2.34. The molecule has 1 aliphatic carbocycles. The van der Waals surface area contributed by atoms with Gasteiger partial charge >= 0.3 is 0 Å². The molecule has 2 saturated heterocycles. The molecule has 0 aromatic heterocycles. The van der Waals surface area contributed by atoms with Crippen molar-refractivity contribution in [1.82, 2.24) is 15.1 Å². The molecule has 0 amide bonds. The molecule has 0 bridgehead atoms. The van der Waals surface area contributed by atoms with Crippen LogP contribution in [0.25, 0.3) is 0 Å². The predicted octanol–water partition coefficient (Wildman–Crippen LogP) is 2.71. The van der Waals surface area contributed by atoms with Crippen molar-refractivity contribution in [1.29, 1.82) is 0 Å². The molecule has 0 aromatic rings. The molecule has 3 fully saturated rings. The molecule has 3 rings (SSSR count). The Bertz CT molecular complexity index is 314. The minimum atomic E-state index is 0.711. The predicted molar refractivity (Wildman–Crippen MR) is 89.7 cm³/mol. The van der Waals surface area contributed by atoms with Crippen LogP contribution < -0.4 is 5.32 Å². The van der Waals surface area contributed by atoms with E-state index in [-0.39, 0.29) is 0 Å². The molecule has 3 nitrogen and oxygen atoms in total. The van der Waals surface area contributed by atoms with Crippen molar-refractivity contribution >= 4 is 0 Å². The first-order valence-corrected chi connectivity index (χ1v) is 9.43. The lowest BCUT2D eigenvalue weighted by molar-refractivity contribution is 0.00654. The SMILES string of the molecule is CNC(CN1CC2CCCCN2CC1C)C1CCCCC1. The minimum absolute atomic E-state index is 0.711. The Hall–Kier alpha value is -0.120. The summed E-state index contributed by atoms with van der Waals surface area (Å²) in [5.74, 6) is 0.917. The molecule has 3 heteroatoms. The molecule has 21 heavy (non-hydrogen) atoms. The quantitative estimate of drug-likeness (QED) is 0.860. The Morgan fingerprint density at radius 1 is 1.00 bits per heavy atom. The van der Waals surface area contributed by atoms with Gasteiger partial charge in [0.15, 0.2) is 0 Å². The van der Waals surface area contributed by atoms with Crippen molar-refractivity contribution in [2.45, 2.75) is 76.4 Å². The fraction of sp³-hybridized carbons (Fsp3) is 1.00. The van der Waals surface area contributed by atoms with Crippen LogP contribution in [-0.2, 0) is 0 Å². The largest absolute Gasteiger partial charge is 0.315 e. The third kappa shape index (κ3) is 3.80. The molecule has 2 aliphatic heterocycles. The summed E-state index contributed by atoms with van der Waals surface area (Å²) in [6, 6.07) is 2.29. The molecule has 3 atom stereocenters. The number of hydrogen-bond donors (Lipinski definition) is 1. The molecule has 0 radical (unpaired) electrons. The van der Waals surface area contributed by atoms with Crippen LogP contribution in [-0.4, -0.2) is 61.2 Å². The molecule has 3 aliphatic rings. The normalized spacial score (nSPS) is 34.6. The fourth-order valence-electron chi connectivity index (χ4n) is 4.93. The summed E-state index contributed by atoms with van der Waals surface area (Å²) in [6.45, 7) is 7.67. The molecule has 1 saturated carbocycles. The average Bonchev–Trinajstić information content (AvgIpc) is 2.53. The van der Waals surface area contributed by atoms with Crippen molar-refractivity contribution in [2.24, 2.45) is 5.92 Å². The Kier molecular flexibility index (Phi) is 5.58. The Balaban J connectivity index is 1.57. The number of piperidine rings is 1. The van der Waals surface area contributed by atoms with Gasteiger partial charge in [-0.2, -0.15) is 0 Å². The van der Waals surface area contributed by atoms with Crippen LogP contribution in [0.15, 0.2) is 0 Å². The van der Waals surface area contributed by atoms with Crippen LogP contribution >= 0.6 is 0 Å². The van der Waals surface area contributed by atoms with Gasteiger partial charge in [-0.05, 0) is 52.1 Å². The summed E-state index contributed by atoms with van der Waals surface area (Å²) in [5, 5.41) is 3.66. The van der Waals surface area contributed by atoms with Crippen LogP contribution in [0.1, 0.15) is 58.3 Å². The Morgan fingerprint density at radius 3 is 2.52 bits per heavy atom. The highest BCUT2D eigenvalue weighted by molar-refractivity contribution is 4.91. The third-order valence-corrected chi connectivity index (χ3v) is 6.34. The van der Waals surface area contributed by atoms with Crippen LogP contribution in [0.2, 0.25) is 0 Å². The van der Waals surface area contributed by atoms with Gasteiger partial charge in [-0.1, -0.05) is 25.7 Å². The van der Waals surface area contributed by atoms with Crippen molar-refractivity contribution in [3.8, 4) is 0 Å². The Labute approximate surface area is 131 Å². The van der Waals surface area contributed by atoms with E-state index in [4.69, 9.17) is 0 Å². The fourth-order valence-corrected chi connectivity index (χ4v) is 4.93. The lowest BCUT2D eigenvalue weighted by atomic mass is 9.83. The summed E-state index contributed by atoms with van der Waals surface area (Å²) in [7, 11) is 2.18. The molecule has 0 aromatic carbocycles. The smallest absolute Gasteiger partial charge is 0.0223 e. The zero-order chi connectivity index (χ0) is 14.7. The van der Waals surface area contributed by atoms with Gasteiger partial charge in [0.1, 0.15) is 0 Å². The van der Waals surface area contributed by atoms with Crippen molar-refractivity contribution < 1.29 is 0 Å². The van der Waals surface area contributed by atoms with E-state index in [1.54, 1.807) is 0 Å². The van der Waals surface area contributed by atoms with Gasteiger partial charge < -0.3 is 5.32 Å². The van der Waals surface area contributed by atoms with E-state index < -0.39 is 0 Å². The van der Waals surface area contributed by atoms with Gasteiger partial charge in [-0.3, -0.25) is 9.80 Å². The van der Waals surface area contributed by atoms with Gasteiger partial charge in [0.25, 0.3) is 0 Å². The lowest BCUT2D eigenvalue weighted by Gasteiger charge is -2.49. The number of fused-ring (bicyclic) bond motifs is 1. The van der Waals surface area contributed by atoms with Crippen LogP contribution in [0.3, 0.4) is 0 Å². The number of rotatable bonds is 4. The number of likely N-dealkylation sites (N-methyl/N-ethyl adjacent to an activating group) is 1. The second-order valence-corrected chi connectivity index (χ2v) is 7.74. The molecular weight excluding hydrogens is 258 g/mol. The molecule has 1 N–H and O–H groups in total. The van der Waals surface area contributed by atoms with E-state index in [0.717, 1.165) is 18.0 Å². The summed E-state index contributed by atoms with van der Waals surface area (Å²) in [4.78, 5) is 5.56. The maximum atomic E-state index is 3.66. The molecule has 0 spiro atoms. The highest BCUT2D eigenvalue weighted by atomic mass is 15.3. The third-order valence-electron chi connectivity index (χ3n) is 6.34. The first kappa shape index (κ1) is 15.8. The zero-order valence-electron chi connectivity index (χ0n) is 14.2. The first-order chi connectivity index (χ1) is 10.3.